The molecule has 0 aromatic heterocycles. The van der Waals surface area contributed by atoms with E-state index in [2.05, 4.69) is 11.8 Å². The summed E-state index contributed by atoms with van der Waals surface area (Å²) in [4.78, 5) is 23.5. The van der Waals surface area contributed by atoms with Gasteiger partial charge < -0.3 is 9.84 Å². The van der Waals surface area contributed by atoms with E-state index in [4.69, 9.17) is 4.74 Å². The van der Waals surface area contributed by atoms with Gasteiger partial charge in [-0.2, -0.15) is 0 Å². The molecule has 0 radical (unpaired) electrons. The molecular weight excluding hydrogens is 292 g/mol. The van der Waals surface area contributed by atoms with Gasteiger partial charge in [0.05, 0.1) is 6.61 Å². The number of carbonyl (C=O) groups excluding carboxylic acids is 2. The lowest BCUT2D eigenvalue weighted by atomic mass is 9.74. The number of hydrogen-bond acceptors (Lipinski definition) is 4. The Morgan fingerprint density at radius 2 is 2.22 bits per heavy atom. The van der Waals surface area contributed by atoms with Gasteiger partial charge in [-0.25, -0.2) is 4.79 Å². The van der Waals surface area contributed by atoms with Crippen LogP contribution in [-0.2, 0) is 14.3 Å². The molecule has 4 heteroatoms. The fourth-order valence-electron chi connectivity index (χ4n) is 3.23. The van der Waals surface area contributed by atoms with Crippen LogP contribution in [0.15, 0.2) is 23.3 Å². The van der Waals surface area contributed by atoms with Gasteiger partial charge in [-0.1, -0.05) is 32.1 Å². The van der Waals surface area contributed by atoms with Crippen LogP contribution >= 0.6 is 0 Å². The average Bonchev–Trinajstić information content (AvgIpc) is 3.18. The van der Waals surface area contributed by atoms with Crippen LogP contribution in [0, 0.1) is 23.2 Å². The van der Waals surface area contributed by atoms with Crippen molar-refractivity contribution in [3.05, 3.63) is 23.3 Å². The van der Waals surface area contributed by atoms with Crippen LogP contribution in [0.1, 0.15) is 47.0 Å². The summed E-state index contributed by atoms with van der Waals surface area (Å²) in [7, 11) is 0. The summed E-state index contributed by atoms with van der Waals surface area (Å²) < 4.78 is 4.92. The zero-order valence-corrected chi connectivity index (χ0v) is 14.2. The van der Waals surface area contributed by atoms with Crippen molar-refractivity contribution in [3.63, 3.8) is 0 Å². The van der Waals surface area contributed by atoms with E-state index in [1.54, 1.807) is 13.8 Å². The molecule has 1 N–H and O–H groups in total. The molecule has 0 heterocycles. The zero-order chi connectivity index (χ0) is 17.3. The minimum atomic E-state index is -1.31. The standard InChI is InChI=1S/C19H24O4/c1-5-7-14(11-17(21)23-6-2)8-9-19(22)13(3)10-16(20)15-12-18(15,19)4/h10-11,15,22H,5-7,12H2,1-4H3/b14-11-. The van der Waals surface area contributed by atoms with Crippen molar-refractivity contribution >= 4 is 11.8 Å². The number of ether oxygens (including phenoxy) is 1. The van der Waals surface area contributed by atoms with Gasteiger partial charge in [0.25, 0.3) is 0 Å². The highest BCUT2D eigenvalue weighted by Crippen LogP contribution is 2.63. The van der Waals surface area contributed by atoms with Gasteiger partial charge >= 0.3 is 5.97 Å². The summed E-state index contributed by atoms with van der Waals surface area (Å²) in [6, 6.07) is 0. The Morgan fingerprint density at radius 3 is 2.83 bits per heavy atom. The third kappa shape index (κ3) is 3.11. The lowest BCUT2D eigenvalue weighted by molar-refractivity contribution is -0.137. The Balaban J connectivity index is 2.32. The van der Waals surface area contributed by atoms with Crippen LogP contribution < -0.4 is 0 Å². The van der Waals surface area contributed by atoms with Crippen molar-refractivity contribution in [3.8, 4) is 11.8 Å². The van der Waals surface area contributed by atoms with Crippen LogP contribution in [0.4, 0.5) is 0 Å². The predicted octanol–water partition coefficient (Wildman–Crippen LogP) is 2.57. The van der Waals surface area contributed by atoms with Gasteiger partial charge in [0.2, 0.25) is 0 Å². The number of allylic oxidation sites excluding steroid dienone is 2. The molecule has 0 bridgehead atoms. The van der Waals surface area contributed by atoms with E-state index in [9.17, 15) is 14.7 Å². The minimum absolute atomic E-state index is 0.0762. The van der Waals surface area contributed by atoms with Gasteiger partial charge in [0, 0.05) is 23.0 Å². The van der Waals surface area contributed by atoms with Crippen molar-refractivity contribution in [1.29, 1.82) is 0 Å². The van der Waals surface area contributed by atoms with Crippen molar-refractivity contribution in [2.45, 2.75) is 52.6 Å². The maximum absolute atomic E-state index is 11.9. The van der Waals surface area contributed by atoms with Crippen LogP contribution in [-0.4, -0.2) is 29.1 Å². The normalized spacial score (nSPS) is 32.4. The lowest BCUT2D eigenvalue weighted by Gasteiger charge is -2.34. The van der Waals surface area contributed by atoms with E-state index in [1.807, 2.05) is 13.8 Å². The molecule has 3 atom stereocenters. The molecule has 2 aliphatic rings. The molecular formula is C19H24O4. The molecule has 1 fully saturated rings. The van der Waals surface area contributed by atoms with Crippen molar-refractivity contribution in [1.82, 2.24) is 0 Å². The lowest BCUT2D eigenvalue weighted by Crippen LogP contribution is -2.42. The van der Waals surface area contributed by atoms with Crippen molar-refractivity contribution < 1.29 is 19.4 Å². The van der Waals surface area contributed by atoms with Gasteiger partial charge in [0.15, 0.2) is 11.4 Å². The first-order valence-electron chi connectivity index (χ1n) is 8.14. The van der Waals surface area contributed by atoms with Crippen LogP contribution in [0.3, 0.4) is 0 Å². The molecule has 23 heavy (non-hydrogen) atoms. The highest BCUT2D eigenvalue weighted by molar-refractivity contribution is 5.98. The molecule has 3 unspecified atom stereocenters. The molecule has 2 aliphatic carbocycles. The molecule has 0 saturated heterocycles. The predicted molar refractivity (Wildman–Crippen MR) is 87.3 cm³/mol. The first kappa shape index (κ1) is 17.5. The number of rotatable bonds is 4. The quantitative estimate of drug-likeness (QED) is 0.492. The second kappa shape index (κ2) is 6.33. The van der Waals surface area contributed by atoms with Gasteiger partial charge in [-0.15, -0.1) is 0 Å². The molecule has 1 saturated carbocycles. The first-order chi connectivity index (χ1) is 10.8. The summed E-state index contributed by atoms with van der Waals surface area (Å²) in [5.74, 6) is 5.41. The van der Waals surface area contributed by atoms with E-state index in [0.29, 0.717) is 30.6 Å². The van der Waals surface area contributed by atoms with E-state index < -0.39 is 17.0 Å². The van der Waals surface area contributed by atoms with Crippen LogP contribution in [0.5, 0.6) is 0 Å². The Labute approximate surface area is 137 Å². The number of hydrogen-bond donors (Lipinski definition) is 1. The maximum Gasteiger partial charge on any atom is 0.331 e. The molecule has 0 aliphatic heterocycles. The minimum Gasteiger partial charge on any atom is -0.463 e. The fourth-order valence-corrected chi connectivity index (χ4v) is 3.23. The number of esters is 1. The second-order valence-electron chi connectivity index (χ2n) is 6.54. The van der Waals surface area contributed by atoms with E-state index in [1.165, 1.54) is 12.2 Å². The van der Waals surface area contributed by atoms with Crippen LogP contribution in [0.2, 0.25) is 0 Å². The van der Waals surface area contributed by atoms with Crippen molar-refractivity contribution in [2.24, 2.45) is 11.3 Å². The Bertz CT molecular complexity index is 646. The van der Waals surface area contributed by atoms with Gasteiger partial charge in [-0.05, 0) is 38.3 Å². The Morgan fingerprint density at radius 1 is 1.52 bits per heavy atom. The zero-order valence-electron chi connectivity index (χ0n) is 14.2. The highest BCUT2D eigenvalue weighted by Gasteiger charge is 2.67. The maximum atomic E-state index is 11.9. The SMILES string of the molecule is CCC/C(C#CC1(O)C(C)=CC(=O)C2CC21C)=C/C(=O)OCC. The number of ketones is 1. The summed E-state index contributed by atoms with van der Waals surface area (Å²) in [6.45, 7) is 7.70. The van der Waals surface area contributed by atoms with E-state index >= 15 is 0 Å². The number of carbonyl (C=O) groups is 2. The molecule has 0 aromatic rings. The van der Waals surface area contributed by atoms with E-state index in [-0.39, 0.29) is 11.7 Å². The average molecular weight is 316 g/mol. The molecule has 124 valence electrons. The number of fused-ring (bicyclic) bond motifs is 1. The molecule has 4 nitrogen and oxygen atoms in total. The molecule has 2 rings (SSSR count). The topological polar surface area (TPSA) is 63.6 Å². The molecule has 0 spiro atoms. The van der Waals surface area contributed by atoms with Gasteiger partial charge in [-0.3, -0.25) is 4.79 Å². The molecule has 0 amide bonds. The van der Waals surface area contributed by atoms with E-state index in [0.717, 1.165) is 6.42 Å². The van der Waals surface area contributed by atoms with Gasteiger partial charge in [0.1, 0.15) is 0 Å². The molecule has 0 aromatic carbocycles. The second-order valence-corrected chi connectivity index (χ2v) is 6.54. The fraction of sp³-hybridized carbons (Fsp3) is 0.579. The Hall–Kier alpha value is -1.86. The summed E-state index contributed by atoms with van der Waals surface area (Å²) in [5.41, 5.74) is -0.604. The third-order valence-electron chi connectivity index (χ3n) is 4.84. The summed E-state index contributed by atoms with van der Waals surface area (Å²) in [5, 5.41) is 11.0. The Kier molecular flexibility index (Phi) is 4.81. The summed E-state index contributed by atoms with van der Waals surface area (Å²) in [6.07, 6.45) is 5.02. The summed E-state index contributed by atoms with van der Waals surface area (Å²) >= 11 is 0. The number of aliphatic hydroxyl groups is 1. The first-order valence-corrected chi connectivity index (χ1v) is 8.14. The smallest absolute Gasteiger partial charge is 0.331 e. The van der Waals surface area contributed by atoms with Crippen LogP contribution in [0.25, 0.3) is 0 Å². The monoisotopic (exact) mass is 316 g/mol. The van der Waals surface area contributed by atoms with Crippen molar-refractivity contribution in [2.75, 3.05) is 6.61 Å². The largest absolute Gasteiger partial charge is 0.463 e. The highest BCUT2D eigenvalue weighted by atomic mass is 16.5. The third-order valence-corrected chi connectivity index (χ3v) is 4.84.